The number of benzene rings is 1. The van der Waals surface area contributed by atoms with E-state index in [1.165, 1.54) is 12.4 Å². The van der Waals surface area contributed by atoms with Crippen LogP contribution in [0.2, 0.25) is 0 Å². The number of hydrogen-bond donors (Lipinski definition) is 1. The third-order valence-electron chi connectivity index (χ3n) is 2.55. The van der Waals surface area contributed by atoms with Crippen LogP contribution in [-0.2, 0) is 13.2 Å². The van der Waals surface area contributed by atoms with Crippen LogP contribution in [0.15, 0.2) is 33.5 Å². The molecule has 0 radical (unpaired) electrons. The van der Waals surface area contributed by atoms with E-state index in [2.05, 4.69) is 36.8 Å². The van der Waals surface area contributed by atoms with Crippen molar-refractivity contribution in [2.75, 3.05) is 0 Å². The maximum Gasteiger partial charge on any atom is 0.320 e. The topological polar surface area (TPSA) is 47.3 Å². The van der Waals surface area contributed by atoms with E-state index in [1.807, 2.05) is 0 Å². The van der Waals surface area contributed by atoms with Crippen LogP contribution in [0.4, 0.5) is 8.78 Å². The lowest BCUT2D eigenvalue weighted by molar-refractivity contribution is 0.0632. The Morgan fingerprint density at radius 1 is 1.30 bits per heavy atom. The van der Waals surface area contributed by atoms with E-state index in [9.17, 15) is 8.78 Å². The molecule has 0 bridgehead atoms. The van der Waals surface area contributed by atoms with E-state index in [4.69, 9.17) is 9.84 Å². The van der Waals surface area contributed by atoms with E-state index in [0.717, 1.165) is 4.57 Å². The maximum absolute atomic E-state index is 12.7. The molecule has 20 heavy (non-hydrogen) atoms. The Morgan fingerprint density at radius 3 is 2.50 bits per heavy atom. The minimum absolute atomic E-state index is 0.0903. The number of aliphatic hydroxyl groups excluding tert-OH is 1. The highest BCUT2D eigenvalue weighted by Crippen LogP contribution is 2.35. The Hall–Kier alpha value is -0.990. The molecule has 1 heterocycles. The summed E-state index contributed by atoms with van der Waals surface area (Å²) in [4.78, 5) is 3.83. The number of nitrogens with zero attached hydrogens (tertiary/aromatic N) is 2. The molecule has 0 saturated heterocycles. The fraction of sp³-hybridized carbons (Fsp3) is 0.250. The summed E-state index contributed by atoms with van der Waals surface area (Å²) in [7, 11) is 0. The van der Waals surface area contributed by atoms with Crippen molar-refractivity contribution in [3.05, 3.63) is 44.9 Å². The second kappa shape index (κ2) is 6.64. The van der Waals surface area contributed by atoms with Gasteiger partial charge >= 0.3 is 6.55 Å². The first-order chi connectivity index (χ1) is 9.52. The van der Waals surface area contributed by atoms with Gasteiger partial charge in [0.1, 0.15) is 12.4 Å². The van der Waals surface area contributed by atoms with Crippen LogP contribution in [0.5, 0.6) is 5.75 Å². The summed E-state index contributed by atoms with van der Waals surface area (Å²) in [5.41, 5.74) is 0.699. The van der Waals surface area contributed by atoms with Crippen molar-refractivity contribution in [3.63, 3.8) is 0 Å². The molecule has 0 spiro atoms. The molecule has 0 aliphatic heterocycles. The van der Waals surface area contributed by atoms with Crippen LogP contribution in [0, 0.1) is 0 Å². The van der Waals surface area contributed by atoms with Gasteiger partial charge in [0, 0.05) is 12.4 Å². The van der Waals surface area contributed by atoms with E-state index < -0.39 is 6.55 Å². The first-order valence-corrected chi connectivity index (χ1v) is 7.13. The molecule has 8 heteroatoms. The number of imidazole rings is 1. The second-order valence-electron chi connectivity index (χ2n) is 3.86. The Morgan fingerprint density at radius 2 is 1.95 bits per heavy atom. The Labute approximate surface area is 130 Å². The number of hydrogen-bond acceptors (Lipinski definition) is 3. The number of aromatic nitrogens is 2. The van der Waals surface area contributed by atoms with E-state index in [1.54, 1.807) is 12.1 Å². The quantitative estimate of drug-likeness (QED) is 0.812. The Balaban J connectivity index is 2.17. The van der Waals surface area contributed by atoms with Gasteiger partial charge in [-0.1, -0.05) is 0 Å². The Bertz CT molecular complexity index is 582. The molecule has 0 saturated carbocycles. The highest BCUT2D eigenvalue weighted by Gasteiger charge is 2.14. The number of alkyl halides is 2. The monoisotopic (exact) mass is 410 g/mol. The summed E-state index contributed by atoms with van der Waals surface area (Å²) >= 11 is 6.62. The lowest BCUT2D eigenvalue weighted by Crippen LogP contribution is -2.07. The van der Waals surface area contributed by atoms with E-state index in [0.29, 0.717) is 20.3 Å². The molecule has 2 aromatic rings. The molecule has 4 nitrogen and oxygen atoms in total. The molecule has 1 aromatic carbocycles. The Kier molecular flexibility index (Phi) is 5.11. The van der Waals surface area contributed by atoms with Gasteiger partial charge in [0.2, 0.25) is 0 Å². The van der Waals surface area contributed by atoms with Gasteiger partial charge in [-0.15, -0.1) is 0 Å². The number of aliphatic hydroxyl groups is 1. The first-order valence-electron chi connectivity index (χ1n) is 5.54. The third-order valence-corrected chi connectivity index (χ3v) is 3.72. The molecule has 0 fully saturated rings. The number of ether oxygens (including phenoxy) is 1. The third kappa shape index (κ3) is 3.36. The number of rotatable bonds is 5. The van der Waals surface area contributed by atoms with Crippen LogP contribution in [0.25, 0.3) is 0 Å². The van der Waals surface area contributed by atoms with Crippen LogP contribution in [-0.4, -0.2) is 14.7 Å². The average Bonchev–Trinajstić information content (AvgIpc) is 2.86. The minimum atomic E-state index is -2.65. The minimum Gasteiger partial charge on any atom is -0.483 e. The normalized spacial score (nSPS) is 11.1. The van der Waals surface area contributed by atoms with Crippen LogP contribution in [0.3, 0.4) is 0 Å². The van der Waals surface area contributed by atoms with Crippen LogP contribution >= 0.6 is 31.9 Å². The van der Waals surface area contributed by atoms with Gasteiger partial charge in [-0.2, -0.15) is 8.78 Å². The SMILES string of the molecule is OCc1cc(Br)c(OCc2nccn2C(F)F)c(Br)c1. The molecular weight excluding hydrogens is 402 g/mol. The molecule has 0 aliphatic rings. The van der Waals surface area contributed by atoms with Crippen molar-refractivity contribution >= 4 is 31.9 Å². The molecule has 0 atom stereocenters. The first kappa shape index (κ1) is 15.4. The molecule has 0 unspecified atom stereocenters. The zero-order chi connectivity index (χ0) is 14.7. The maximum atomic E-state index is 12.7. The largest absolute Gasteiger partial charge is 0.483 e. The predicted molar refractivity (Wildman–Crippen MR) is 75.6 cm³/mol. The molecule has 1 N–H and O–H groups in total. The van der Waals surface area contributed by atoms with E-state index >= 15 is 0 Å². The highest BCUT2D eigenvalue weighted by atomic mass is 79.9. The molecular formula is C12H10Br2F2N2O2. The summed E-state index contributed by atoms with van der Waals surface area (Å²) in [5.74, 6) is 0.594. The smallest absolute Gasteiger partial charge is 0.320 e. The van der Waals surface area contributed by atoms with Crippen molar-refractivity contribution in [1.29, 1.82) is 0 Å². The summed E-state index contributed by atoms with van der Waals surface area (Å²) in [6.45, 7) is -2.85. The number of halogens is 4. The molecule has 0 amide bonds. The lowest BCUT2D eigenvalue weighted by Gasteiger charge is -2.12. The van der Waals surface area contributed by atoms with Crippen molar-refractivity contribution < 1.29 is 18.6 Å². The predicted octanol–water partition coefficient (Wildman–Crippen LogP) is 3.87. The lowest BCUT2D eigenvalue weighted by atomic mass is 10.2. The van der Waals surface area contributed by atoms with Gasteiger partial charge in [0.05, 0.1) is 15.6 Å². The van der Waals surface area contributed by atoms with Gasteiger partial charge in [-0.25, -0.2) is 4.98 Å². The zero-order valence-electron chi connectivity index (χ0n) is 10.1. The van der Waals surface area contributed by atoms with Gasteiger partial charge in [0.25, 0.3) is 0 Å². The van der Waals surface area contributed by atoms with Gasteiger partial charge in [-0.3, -0.25) is 4.57 Å². The van der Waals surface area contributed by atoms with Crippen LogP contribution in [0.1, 0.15) is 17.9 Å². The van der Waals surface area contributed by atoms with Crippen molar-refractivity contribution in [1.82, 2.24) is 9.55 Å². The van der Waals surface area contributed by atoms with Crippen molar-refractivity contribution in [3.8, 4) is 5.75 Å². The molecule has 2 rings (SSSR count). The highest BCUT2D eigenvalue weighted by molar-refractivity contribution is 9.11. The summed E-state index contributed by atoms with van der Waals surface area (Å²) < 4.78 is 32.8. The standard InChI is InChI=1S/C12H10Br2F2N2O2/c13-8-3-7(5-19)4-9(14)11(8)20-6-10-17-1-2-18(10)12(15)16/h1-4,12,19H,5-6H2. The second-order valence-corrected chi connectivity index (χ2v) is 5.57. The van der Waals surface area contributed by atoms with Crippen molar-refractivity contribution in [2.24, 2.45) is 0 Å². The fourth-order valence-corrected chi connectivity index (χ4v) is 3.12. The van der Waals surface area contributed by atoms with E-state index in [-0.39, 0.29) is 19.0 Å². The molecule has 108 valence electrons. The molecule has 1 aromatic heterocycles. The van der Waals surface area contributed by atoms with Gasteiger partial charge in [-0.05, 0) is 49.6 Å². The van der Waals surface area contributed by atoms with Crippen LogP contribution < -0.4 is 4.74 Å². The fourth-order valence-electron chi connectivity index (χ4n) is 1.61. The summed E-state index contributed by atoms with van der Waals surface area (Å²) in [6, 6.07) is 3.39. The summed E-state index contributed by atoms with van der Waals surface area (Å²) in [6.07, 6.45) is 2.49. The summed E-state index contributed by atoms with van der Waals surface area (Å²) in [5, 5.41) is 9.08. The zero-order valence-corrected chi connectivity index (χ0v) is 13.2. The van der Waals surface area contributed by atoms with Gasteiger partial charge < -0.3 is 9.84 Å². The average molecular weight is 412 g/mol. The molecule has 0 aliphatic carbocycles. The van der Waals surface area contributed by atoms with Crippen molar-refractivity contribution in [2.45, 2.75) is 19.8 Å². The van der Waals surface area contributed by atoms with Gasteiger partial charge in [0.15, 0.2) is 5.82 Å².